The summed E-state index contributed by atoms with van der Waals surface area (Å²) in [4.78, 5) is 0. The normalized spacial score (nSPS) is 11.1. The lowest BCUT2D eigenvalue weighted by Gasteiger charge is -2.23. The lowest BCUT2D eigenvalue weighted by atomic mass is 10.1. The van der Waals surface area contributed by atoms with Gasteiger partial charge in [0, 0.05) is 0 Å². The summed E-state index contributed by atoms with van der Waals surface area (Å²) in [6.45, 7) is 7.19. The molecular weight excluding hydrogens is 363 g/mol. The largest absolute Gasteiger partial charge is 1.00 e. The Balaban J connectivity index is -0.000000173. The van der Waals surface area contributed by atoms with Crippen LogP contribution in [-0.2, 0) is 0 Å². The van der Waals surface area contributed by atoms with E-state index in [-0.39, 0.29) is 24.8 Å². The summed E-state index contributed by atoms with van der Waals surface area (Å²) in [6, 6.07) is 0. The predicted molar refractivity (Wildman–Crippen MR) is 113 cm³/mol. The number of unbranched alkanes of at least 4 members (excludes halogenated alkanes) is 10. The maximum atomic E-state index is 2.27. The van der Waals surface area contributed by atoms with Crippen molar-refractivity contribution in [2.75, 3.05) is 55.4 Å². The summed E-state index contributed by atoms with van der Waals surface area (Å²) in [6.07, 6.45) is 17.0. The highest BCUT2D eigenvalue weighted by molar-refractivity contribution is 4.43. The molecule has 0 spiro atoms. The SMILES string of the molecule is CCCCCCCC[N+](C)(C)C.CCCCCCCC[N+](C)(C)C.[Cl-].[Cl-]. The minimum atomic E-state index is 0. The summed E-state index contributed by atoms with van der Waals surface area (Å²) >= 11 is 0. The topological polar surface area (TPSA) is 0 Å². The molecule has 0 amide bonds. The van der Waals surface area contributed by atoms with E-state index in [0.29, 0.717) is 0 Å². The maximum absolute atomic E-state index is 2.27. The smallest absolute Gasteiger partial charge is 0.0780 e. The van der Waals surface area contributed by atoms with Crippen molar-refractivity contribution in [3.05, 3.63) is 0 Å². The van der Waals surface area contributed by atoms with Crippen LogP contribution in [0.4, 0.5) is 0 Å². The van der Waals surface area contributed by atoms with Crippen molar-refractivity contribution in [2.45, 2.75) is 90.9 Å². The zero-order valence-electron chi connectivity index (χ0n) is 19.5. The van der Waals surface area contributed by atoms with Crippen LogP contribution < -0.4 is 24.8 Å². The molecule has 0 saturated carbocycles. The molecule has 164 valence electrons. The van der Waals surface area contributed by atoms with Crippen molar-refractivity contribution in [2.24, 2.45) is 0 Å². The van der Waals surface area contributed by atoms with Crippen LogP contribution in [0.1, 0.15) is 90.9 Å². The molecule has 0 aliphatic rings. The number of rotatable bonds is 14. The second-order valence-corrected chi connectivity index (χ2v) is 9.56. The number of quaternary nitrogens is 2. The number of nitrogens with zero attached hydrogens (tertiary/aromatic N) is 2. The first-order valence-corrected chi connectivity index (χ1v) is 10.7. The quantitative estimate of drug-likeness (QED) is 0.279. The minimum Gasteiger partial charge on any atom is -1.00 e. The van der Waals surface area contributed by atoms with E-state index in [1.165, 1.54) is 90.1 Å². The first-order valence-electron chi connectivity index (χ1n) is 10.7. The third kappa shape index (κ3) is 39.5. The molecule has 0 atom stereocenters. The standard InChI is InChI=1S/2C11H26N.2ClH/c2*1-5-6-7-8-9-10-11-12(2,3)4;;/h2*5-11H2,1-4H3;2*1H/q2*+1;;/p-2. The Labute approximate surface area is 180 Å². The zero-order chi connectivity index (χ0) is 18.9. The van der Waals surface area contributed by atoms with Gasteiger partial charge in [0.15, 0.2) is 0 Å². The lowest BCUT2D eigenvalue weighted by molar-refractivity contribution is -0.870. The molecule has 0 saturated heterocycles. The average molecular weight is 416 g/mol. The van der Waals surface area contributed by atoms with Gasteiger partial charge in [0.2, 0.25) is 0 Å². The lowest BCUT2D eigenvalue weighted by Crippen LogP contribution is -3.00. The van der Waals surface area contributed by atoms with Gasteiger partial charge >= 0.3 is 0 Å². The summed E-state index contributed by atoms with van der Waals surface area (Å²) in [5.41, 5.74) is 0. The van der Waals surface area contributed by atoms with Crippen LogP contribution in [0.25, 0.3) is 0 Å². The van der Waals surface area contributed by atoms with E-state index in [0.717, 1.165) is 8.97 Å². The van der Waals surface area contributed by atoms with Crippen LogP contribution in [0.15, 0.2) is 0 Å². The maximum Gasteiger partial charge on any atom is 0.0780 e. The Hall–Kier alpha value is 0.500. The average Bonchev–Trinajstić information content (AvgIpc) is 2.45. The van der Waals surface area contributed by atoms with Gasteiger partial charge in [0.25, 0.3) is 0 Å². The van der Waals surface area contributed by atoms with Crippen molar-refractivity contribution < 1.29 is 33.8 Å². The van der Waals surface area contributed by atoms with Crippen molar-refractivity contribution in [3.63, 3.8) is 0 Å². The van der Waals surface area contributed by atoms with E-state index < -0.39 is 0 Å². The number of halogens is 2. The molecule has 0 rings (SSSR count). The molecule has 0 aliphatic heterocycles. The third-order valence-corrected chi connectivity index (χ3v) is 4.36. The van der Waals surface area contributed by atoms with Crippen LogP contribution in [0.3, 0.4) is 0 Å². The summed E-state index contributed by atoms with van der Waals surface area (Å²) in [7, 11) is 13.6. The number of hydrogen-bond donors (Lipinski definition) is 0. The molecule has 0 aromatic carbocycles. The van der Waals surface area contributed by atoms with Crippen molar-refractivity contribution in [3.8, 4) is 0 Å². The van der Waals surface area contributed by atoms with Gasteiger partial charge in [-0.15, -0.1) is 0 Å². The summed E-state index contributed by atoms with van der Waals surface area (Å²) in [5.74, 6) is 0. The van der Waals surface area contributed by atoms with Crippen LogP contribution in [0.5, 0.6) is 0 Å². The highest BCUT2D eigenvalue weighted by Crippen LogP contribution is 2.07. The van der Waals surface area contributed by atoms with Gasteiger partial charge in [-0.1, -0.05) is 65.2 Å². The Morgan fingerprint density at radius 3 is 0.846 bits per heavy atom. The van der Waals surface area contributed by atoms with E-state index in [9.17, 15) is 0 Å². The molecule has 0 N–H and O–H groups in total. The molecule has 0 unspecified atom stereocenters. The van der Waals surface area contributed by atoms with Gasteiger partial charge in [-0.05, 0) is 25.7 Å². The zero-order valence-corrected chi connectivity index (χ0v) is 21.1. The van der Waals surface area contributed by atoms with E-state index >= 15 is 0 Å². The monoisotopic (exact) mass is 414 g/mol. The van der Waals surface area contributed by atoms with Gasteiger partial charge < -0.3 is 33.8 Å². The highest BCUT2D eigenvalue weighted by Gasteiger charge is 2.05. The fourth-order valence-corrected chi connectivity index (χ4v) is 2.73. The molecule has 0 bridgehead atoms. The van der Waals surface area contributed by atoms with Crippen LogP contribution in [0, 0.1) is 0 Å². The Bertz CT molecular complexity index is 220. The fourth-order valence-electron chi connectivity index (χ4n) is 2.73. The van der Waals surface area contributed by atoms with Crippen molar-refractivity contribution in [1.29, 1.82) is 0 Å². The van der Waals surface area contributed by atoms with Gasteiger partial charge in [0.1, 0.15) is 0 Å². The first kappa shape index (κ1) is 34.0. The van der Waals surface area contributed by atoms with Crippen LogP contribution in [0.2, 0.25) is 0 Å². The van der Waals surface area contributed by atoms with E-state index in [4.69, 9.17) is 0 Å². The van der Waals surface area contributed by atoms with E-state index in [1.54, 1.807) is 0 Å². The van der Waals surface area contributed by atoms with Crippen molar-refractivity contribution in [1.82, 2.24) is 0 Å². The molecule has 0 heterocycles. The van der Waals surface area contributed by atoms with Gasteiger partial charge in [0.05, 0.1) is 55.4 Å². The predicted octanol–water partition coefficient (Wildman–Crippen LogP) is 0.114. The van der Waals surface area contributed by atoms with Crippen molar-refractivity contribution >= 4 is 0 Å². The Kier molecular flexibility index (Phi) is 28.5. The molecule has 26 heavy (non-hydrogen) atoms. The molecule has 0 radical (unpaired) electrons. The fraction of sp³-hybridized carbons (Fsp3) is 1.00. The number of hydrogen-bond acceptors (Lipinski definition) is 0. The molecule has 0 aromatic rings. The van der Waals surface area contributed by atoms with Gasteiger partial charge in [-0.2, -0.15) is 0 Å². The van der Waals surface area contributed by atoms with E-state index in [1.807, 2.05) is 0 Å². The van der Waals surface area contributed by atoms with Crippen LogP contribution >= 0.6 is 0 Å². The Morgan fingerprint density at radius 1 is 0.385 bits per heavy atom. The highest BCUT2D eigenvalue weighted by atomic mass is 35.5. The molecule has 2 nitrogen and oxygen atoms in total. The summed E-state index contributed by atoms with van der Waals surface area (Å²) < 4.78 is 2.24. The van der Waals surface area contributed by atoms with Gasteiger partial charge in [-0.3, -0.25) is 0 Å². The van der Waals surface area contributed by atoms with Gasteiger partial charge in [-0.25, -0.2) is 0 Å². The van der Waals surface area contributed by atoms with Crippen LogP contribution in [-0.4, -0.2) is 64.3 Å². The Morgan fingerprint density at radius 2 is 0.615 bits per heavy atom. The molecule has 0 fully saturated rings. The summed E-state index contributed by atoms with van der Waals surface area (Å²) in [5, 5.41) is 0. The van der Waals surface area contributed by atoms with E-state index in [2.05, 4.69) is 56.1 Å². The molecular formula is C22H52Cl2N2. The molecule has 4 heteroatoms. The molecule has 0 aliphatic carbocycles. The molecule has 0 aromatic heterocycles. The second-order valence-electron chi connectivity index (χ2n) is 9.56. The third-order valence-electron chi connectivity index (χ3n) is 4.36. The minimum absolute atomic E-state index is 0. The second kappa shape index (κ2) is 21.8. The first-order chi connectivity index (χ1) is 11.1.